The topological polar surface area (TPSA) is 104 Å². The number of halogens is 4. The fraction of sp³-hybridized carbons (Fsp3) is 0.429. The molecule has 2 aromatic rings. The Balaban J connectivity index is 1.52. The van der Waals surface area contributed by atoms with Crippen LogP contribution in [-0.4, -0.2) is 58.3 Å². The zero-order chi connectivity index (χ0) is 25.4. The highest BCUT2D eigenvalue weighted by atomic mass is 32.2. The summed E-state index contributed by atoms with van der Waals surface area (Å²) in [4.78, 5) is 18.1. The van der Waals surface area contributed by atoms with Crippen LogP contribution < -0.4 is 0 Å². The minimum atomic E-state index is -5.78. The van der Waals surface area contributed by atoms with Gasteiger partial charge in [-0.2, -0.15) is 26.7 Å². The number of morpholine rings is 1. The highest BCUT2D eigenvalue weighted by Crippen LogP contribution is 2.43. The third kappa shape index (κ3) is 4.81. The van der Waals surface area contributed by atoms with Crippen molar-refractivity contribution in [3.63, 3.8) is 0 Å². The molecular weight excluding hydrogens is 496 g/mol. The van der Waals surface area contributed by atoms with Gasteiger partial charge in [0.2, 0.25) is 0 Å². The molecule has 2 atom stereocenters. The molecule has 1 spiro atoms. The van der Waals surface area contributed by atoms with E-state index in [9.17, 15) is 30.8 Å². The Morgan fingerprint density at radius 3 is 2.60 bits per heavy atom. The van der Waals surface area contributed by atoms with Gasteiger partial charge in [-0.25, -0.2) is 18.9 Å². The minimum absolute atomic E-state index is 0.0298. The number of rotatable bonds is 5. The maximum atomic E-state index is 13.2. The molecule has 0 saturated carbocycles. The summed E-state index contributed by atoms with van der Waals surface area (Å²) >= 11 is 0. The Morgan fingerprint density at radius 1 is 1.29 bits per heavy atom. The van der Waals surface area contributed by atoms with E-state index in [0.29, 0.717) is 12.4 Å². The third-order valence-electron chi connectivity index (χ3n) is 5.97. The molecule has 0 aromatic carbocycles. The molecule has 1 saturated heterocycles. The van der Waals surface area contributed by atoms with Gasteiger partial charge < -0.3 is 13.8 Å². The molecule has 1 aliphatic heterocycles. The molecule has 35 heavy (non-hydrogen) atoms. The molecule has 9 nitrogen and oxygen atoms in total. The smallest absolute Gasteiger partial charge is 0.381 e. The fourth-order valence-corrected chi connectivity index (χ4v) is 4.65. The molecule has 14 heteroatoms. The van der Waals surface area contributed by atoms with Gasteiger partial charge in [0.15, 0.2) is 11.6 Å². The molecule has 0 bridgehead atoms. The maximum Gasteiger partial charge on any atom is 0.534 e. The minimum Gasteiger partial charge on any atom is -0.381 e. The van der Waals surface area contributed by atoms with Crippen molar-refractivity contribution in [3.05, 3.63) is 59.6 Å². The lowest BCUT2D eigenvalue weighted by Gasteiger charge is -2.47. The number of aromatic nitrogens is 3. The highest BCUT2D eigenvalue weighted by molar-refractivity contribution is 7.87. The number of ether oxygens (including phenoxy) is 1. The Labute approximate surface area is 197 Å². The van der Waals surface area contributed by atoms with Gasteiger partial charge in [0, 0.05) is 25.6 Å². The number of allylic oxidation sites excluding steroid dienone is 1. The van der Waals surface area contributed by atoms with Crippen molar-refractivity contribution in [2.75, 3.05) is 13.2 Å². The van der Waals surface area contributed by atoms with E-state index < -0.39 is 27.0 Å². The van der Waals surface area contributed by atoms with Crippen LogP contribution in [0, 0.1) is 5.82 Å². The van der Waals surface area contributed by atoms with Crippen LogP contribution >= 0.6 is 0 Å². The Morgan fingerprint density at radius 2 is 2.06 bits per heavy atom. The largest absolute Gasteiger partial charge is 0.534 e. The van der Waals surface area contributed by atoms with Gasteiger partial charge in [-0.15, -0.1) is 0 Å². The van der Waals surface area contributed by atoms with Crippen molar-refractivity contribution in [1.82, 2.24) is 19.7 Å². The molecule has 0 radical (unpaired) electrons. The van der Waals surface area contributed by atoms with Crippen molar-refractivity contribution in [2.24, 2.45) is 0 Å². The third-order valence-corrected chi connectivity index (χ3v) is 6.97. The zero-order valence-electron chi connectivity index (χ0n) is 18.3. The van der Waals surface area contributed by atoms with E-state index >= 15 is 0 Å². The van der Waals surface area contributed by atoms with Crippen LogP contribution in [0.3, 0.4) is 0 Å². The summed E-state index contributed by atoms with van der Waals surface area (Å²) in [7, 11) is -5.78. The van der Waals surface area contributed by atoms with Gasteiger partial charge in [-0.1, -0.05) is 6.07 Å². The van der Waals surface area contributed by atoms with Crippen LogP contribution in [0.2, 0.25) is 0 Å². The van der Waals surface area contributed by atoms with Crippen LogP contribution in [0.15, 0.2) is 48.3 Å². The second kappa shape index (κ2) is 9.10. The summed E-state index contributed by atoms with van der Waals surface area (Å²) in [6.07, 6.45) is 4.78. The van der Waals surface area contributed by atoms with Crippen molar-refractivity contribution < 1.29 is 39.7 Å². The summed E-state index contributed by atoms with van der Waals surface area (Å²) in [6.45, 7) is 2.40. The van der Waals surface area contributed by atoms with E-state index in [2.05, 4.69) is 14.3 Å². The molecular formula is C21H20F4N4O5S. The average molecular weight is 516 g/mol. The molecule has 188 valence electrons. The van der Waals surface area contributed by atoms with E-state index in [1.165, 1.54) is 17.0 Å². The first kappa shape index (κ1) is 24.9. The second-order valence-electron chi connectivity index (χ2n) is 8.07. The molecule has 3 heterocycles. The number of nitrogens with zero attached hydrogens (tertiary/aromatic N) is 4. The molecule has 4 rings (SSSR count). The second-order valence-corrected chi connectivity index (χ2v) is 9.61. The Bertz CT molecular complexity index is 1290. The molecule has 1 fully saturated rings. The van der Waals surface area contributed by atoms with E-state index in [-0.39, 0.29) is 43.4 Å². The monoisotopic (exact) mass is 516 g/mol. The quantitative estimate of drug-likeness (QED) is 0.258. The van der Waals surface area contributed by atoms with Crippen molar-refractivity contribution in [2.45, 2.75) is 43.3 Å². The maximum absolute atomic E-state index is 13.2. The van der Waals surface area contributed by atoms with Crippen LogP contribution in [0.1, 0.15) is 37.8 Å². The Kier molecular flexibility index (Phi) is 6.47. The molecule has 0 amide bonds. The summed E-state index contributed by atoms with van der Waals surface area (Å²) in [5.74, 6) is 1.45. The molecule has 1 aliphatic carbocycles. The molecule has 2 aliphatic rings. The van der Waals surface area contributed by atoms with E-state index in [0.717, 1.165) is 11.8 Å². The first-order valence-corrected chi connectivity index (χ1v) is 11.9. The van der Waals surface area contributed by atoms with Crippen molar-refractivity contribution >= 4 is 16.1 Å². The standard InChI is InChI=1S/C21H20F4N4O5S/c1-14(15-2-3-19(26-10-15)29-12-16(22)11-27-29)28-8-9-33-20(18(28)13-30)6-4-17(5-7-20)34-35(31,32)21(23,24)25/h2-4,10-12,14H,5-9H2,1H3. The van der Waals surface area contributed by atoms with Gasteiger partial charge in [-0.3, -0.25) is 0 Å². The highest BCUT2D eigenvalue weighted by Gasteiger charge is 2.50. The van der Waals surface area contributed by atoms with E-state index in [1.54, 1.807) is 23.2 Å². The van der Waals surface area contributed by atoms with Gasteiger partial charge in [0.1, 0.15) is 23.0 Å². The van der Waals surface area contributed by atoms with Crippen LogP contribution in [0.4, 0.5) is 17.6 Å². The van der Waals surface area contributed by atoms with Crippen LogP contribution in [0.5, 0.6) is 0 Å². The lowest BCUT2D eigenvalue weighted by Crippen LogP contribution is -2.51. The summed E-state index contributed by atoms with van der Waals surface area (Å²) in [5, 5.41) is 3.86. The lowest BCUT2D eigenvalue weighted by molar-refractivity contribution is -0.0869. The molecule has 2 unspecified atom stereocenters. The fourth-order valence-electron chi connectivity index (χ4n) is 4.12. The normalized spacial score (nSPS) is 22.0. The predicted octanol–water partition coefficient (Wildman–Crippen LogP) is 3.19. The van der Waals surface area contributed by atoms with E-state index in [4.69, 9.17) is 4.74 Å². The Hall–Kier alpha value is -3.22. The van der Waals surface area contributed by atoms with Gasteiger partial charge >= 0.3 is 15.6 Å². The summed E-state index contributed by atoms with van der Waals surface area (Å²) < 4.78 is 85.1. The lowest BCUT2D eigenvalue weighted by atomic mass is 9.83. The first-order chi connectivity index (χ1) is 16.5. The van der Waals surface area contributed by atoms with Gasteiger partial charge in [0.25, 0.3) is 0 Å². The van der Waals surface area contributed by atoms with Crippen LogP contribution in [-0.2, 0) is 23.8 Å². The van der Waals surface area contributed by atoms with E-state index in [1.807, 2.05) is 12.9 Å². The van der Waals surface area contributed by atoms with Crippen LogP contribution in [0.25, 0.3) is 5.82 Å². The number of alkyl halides is 3. The zero-order valence-corrected chi connectivity index (χ0v) is 19.1. The first-order valence-electron chi connectivity index (χ1n) is 10.5. The SMILES string of the molecule is CC(c1ccc(-n2cc(F)cn2)nc1)N1CCOC2(CC=C(OS(=O)(=O)C(F)(F)F)CC2)C1=C=O. The van der Waals surface area contributed by atoms with Crippen molar-refractivity contribution in [3.8, 4) is 5.82 Å². The van der Waals surface area contributed by atoms with Crippen molar-refractivity contribution in [1.29, 1.82) is 0 Å². The number of hydrogen-bond donors (Lipinski definition) is 0. The van der Waals surface area contributed by atoms with Gasteiger partial charge in [0.05, 0.1) is 25.0 Å². The summed E-state index contributed by atoms with van der Waals surface area (Å²) in [6, 6.07) is 3.05. The number of pyridine rings is 1. The van der Waals surface area contributed by atoms with Gasteiger partial charge in [-0.05, 0) is 31.1 Å². The average Bonchev–Trinajstić information content (AvgIpc) is 3.25. The predicted molar refractivity (Wildman–Crippen MR) is 112 cm³/mol. The molecule has 0 N–H and O–H groups in total. The number of carbonyl (C=O) groups excluding carboxylic acids is 1. The summed E-state index contributed by atoms with van der Waals surface area (Å²) in [5.41, 5.74) is -5.82. The molecule has 2 aromatic heterocycles. The number of hydrogen-bond acceptors (Lipinski definition) is 8.